The number of nitrogens with one attached hydrogen (secondary N) is 1. The van der Waals surface area contributed by atoms with E-state index < -0.39 is 0 Å². The Kier molecular flexibility index (Phi) is 4.47. The number of aliphatic hydroxyl groups excluding tert-OH is 1. The average molecular weight is 286 g/mol. The Bertz CT molecular complexity index is 501. The van der Waals surface area contributed by atoms with Gasteiger partial charge in [0.25, 0.3) is 5.56 Å². The number of halogens is 1. The fraction of sp³-hybridized carbons (Fsp3) is 0.692. The number of nitrogens with zero attached hydrogens (tertiary/aromatic N) is 2. The number of aromatic nitrogens is 2. The first kappa shape index (κ1) is 14.3. The van der Waals surface area contributed by atoms with Crippen molar-refractivity contribution in [2.24, 2.45) is 5.92 Å². The minimum absolute atomic E-state index is 0.0179. The molecule has 1 heterocycles. The van der Waals surface area contributed by atoms with Crippen molar-refractivity contribution in [1.82, 2.24) is 9.78 Å². The Balaban J connectivity index is 2.09. The molecule has 0 bridgehead atoms. The molecule has 1 aliphatic rings. The van der Waals surface area contributed by atoms with E-state index in [4.69, 9.17) is 11.6 Å². The van der Waals surface area contributed by atoms with Crippen LogP contribution in [0.15, 0.2) is 11.0 Å². The molecule has 2 rings (SSSR count). The highest BCUT2D eigenvalue weighted by molar-refractivity contribution is 6.32. The molecule has 0 aromatic carbocycles. The molecule has 0 aliphatic heterocycles. The van der Waals surface area contributed by atoms with E-state index in [1.807, 2.05) is 13.8 Å². The van der Waals surface area contributed by atoms with Crippen LogP contribution in [0.1, 0.15) is 39.2 Å². The van der Waals surface area contributed by atoms with Crippen molar-refractivity contribution in [2.45, 2.75) is 45.3 Å². The molecule has 0 amide bonds. The van der Waals surface area contributed by atoms with E-state index in [1.165, 1.54) is 4.68 Å². The molecule has 5 nitrogen and oxygen atoms in total. The van der Waals surface area contributed by atoms with Crippen molar-refractivity contribution in [2.75, 3.05) is 11.9 Å². The van der Waals surface area contributed by atoms with Crippen molar-refractivity contribution < 1.29 is 5.11 Å². The minimum atomic E-state index is -0.284. The van der Waals surface area contributed by atoms with Gasteiger partial charge in [-0.1, -0.05) is 18.0 Å². The fourth-order valence-corrected chi connectivity index (χ4v) is 2.63. The Morgan fingerprint density at radius 3 is 2.89 bits per heavy atom. The van der Waals surface area contributed by atoms with Gasteiger partial charge in [-0.2, -0.15) is 5.10 Å². The van der Waals surface area contributed by atoms with Crippen LogP contribution in [0.2, 0.25) is 5.02 Å². The summed E-state index contributed by atoms with van der Waals surface area (Å²) in [5.74, 6) is 0.226. The zero-order valence-electron chi connectivity index (χ0n) is 11.3. The first-order chi connectivity index (χ1) is 9.00. The van der Waals surface area contributed by atoms with E-state index in [0.717, 1.165) is 19.3 Å². The lowest BCUT2D eigenvalue weighted by atomic mass is 10.1. The van der Waals surface area contributed by atoms with E-state index >= 15 is 0 Å². The van der Waals surface area contributed by atoms with Crippen LogP contribution in [-0.4, -0.2) is 27.5 Å². The Morgan fingerprint density at radius 1 is 1.58 bits per heavy atom. The van der Waals surface area contributed by atoms with E-state index in [9.17, 15) is 9.90 Å². The number of aliphatic hydroxyl groups is 1. The van der Waals surface area contributed by atoms with E-state index in [0.29, 0.717) is 12.2 Å². The maximum atomic E-state index is 12.0. The van der Waals surface area contributed by atoms with Gasteiger partial charge in [0.2, 0.25) is 0 Å². The molecule has 2 unspecified atom stereocenters. The molecule has 1 aliphatic carbocycles. The zero-order valence-corrected chi connectivity index (χ0v) is 12.0. The Labute approximate surface area is 117 Å². The summed E-state index contributed by atoms with van der Waals surface area (Å²) in [7, 11) is 0. The predicted molar refractivity (Wildman–Crippen MR) is 75.7 cm³/mol. The van der Waals surface area contributed by atoms with E-state index in [2.05, 4.69) is 10.4 Å². The Hall–Kier alpha value is -1.07. The van der Waals surface area contributed by atoms with Crippen LogP contribution >= 0.6 is 11.6 Å². The summed E-state index contributed by atoms with van der Waals surface area (Å²) in [6.07, 6.45) is 4.23. The number of hydrogen-bond donors (Lipinski definition) is 2. The van der Waals surface area contributed by atoms with Gasteiger partial charge in [0.05, 0.1) is 24.0 Å². The third-order valence-electron chi connectivity index (χ3n) is 3.61. The summed E-state index contributed by atoms with van der Waals surface area (Å²) in [6.45, 7) is 4.38. The summed E-state index contributed by atoms with van der Waals surface area (Å²) < 4.78 is 1.36. The van der Waals surface area contributed by atoms with E-state index in [1.54, 1.807) is 6.20 Å². The van der Waals surface area contributed by atoms with Crippen molar-refractivity contribution in [3.8, 4) is 0 Å². The van der Waals surface area contributed by atoms with Crippen LogP contribution in [-0.2, 0) is 0 Å². The van der Waals surface area contributed by atoms with Gasteiger partial charge < -0.3 is 10.4 Å². The predicted octanol–water partition coefficient (Wildman–Crippen LogP) is 2.05. The smallest absolute Gasteiger partial charge is 0.287 e. The lowest BCUT2D eigenvalue weighted by Crippen LogP contribution is -2.27. The maximum Gasteiger partial charge on any atom is 0.287 e. The monoisotopic (exact) mass is 285 g/mol. The van der Waals surface area contributed by atoms with Gasteiger partial charge >= 0.3 is 0 Å². The highest BCUT2D eigenvalue weighted by Gasteiger charge is 2.25. The molecule has 0 saturated heterocycles. The topological polar surface area (TPSA) is 67.2 Å². The first-order valence-electron chi connectivity index (χ1n) is 6.70. The molecular formula is C13H20ClN3O2. The fourth-order valence-electron chi connectivity index (χ4n) is 2.43. The highest BCUT2D eigenvalue weighted by atomic mass is 35.5. The molecule has 19 heavy (non-hydrogen) atoms. The second-order valence-corrected chi connectivity index (χ2v) is 5.73. The molecule has 106 valence electrons. The van der Waals surface area contributed by atoms with Gasteiger partial charge in [-0.15, -0.1) is 0 Å². The summed E-state index contributed by atoms with van der Waals surface area (Å²) in [6, 6.07) is -0.0179. The second kappa shape index (κ2) is 5.92. The third kappa shape index (κ3) is 3.09. The summed E-state index contributed by atoms with van der Waals surface area (Å²) in [5, 5.41) is 17.1. The number of anilines is 1. The van der Waals surface area contributed by atoms with Crippen molar-refractivity contribution >= 4 is 17.3 Å². The van der Waals surface area contributed by atoms with Crippen LogP contribution in [0.4, 0.5) is 5.69 Å². The zero-order chi connectivity index (χ0) is 14.0. The number of hydrogen-bond acceptors (Lipinski definition) is 4. The van der Waals surface area contributed by atoms with Gasteiger partial charge in [0, 0.05) is 12.5 Å². The average Bonchev–Trinajstić information content (AvgIpc) is 2.76. The molecule has 1 fully saturated rings. The maximum absolute atomic E-state index is 12.0. The van der Waals surface area contributed by atoms with Crippen LogP contribution < -0.4 is 10.9 Å². The molecule has 1 aromatic heterocycles. The highest BCUT2D eigenvalue weighted by Crippen LogP contribution is 2.26. The van der Waals surface area contributed by atoms with Gasteiger partial charge in [-0.25, -0.2) is 4.68 Å². The van der Waals surface area contributed by atoms with Gasteiger partial charge in [-0.05, 0) is 26.7 Å². The van der Waals surface area contributed by atoms with Crippen molar-refractivity contribution in [3.05, 3.63) is 21.6 Å². The molecule has 0 radical (unpaired) electrons. The van der Waals surface area contributed by atoms with E-state index in [-0.39, 0.29) is 28.6 Å². The summed E-state index contributed by atoms with van der Waals surface area (Å²) in [4.78, 5) is 12.0. The van der Waals surface area contributed by atoms with Crippen LogP contribution in [0.5, 0.6) is 0 Å². The standard InChI is InChI=1S/C13H20ClN3O2/c1-8(2)17-13(19)12(14)10(7-16-17)15-6-9-4-3-5-11(9)18/h7-9,11,15,18H,3-6H2,1-2H3. The van der Waals surface area contributed by atoms with Crippen LogP contribution in [0.3, 0.4) is 0 Å². The molecule has 2 N–H and O–H groups in total. The van der Waals surface area contributed by atoms with Gasteiger partial charge in [0.1, 0.15) is 5.02 Å². The molecule has 6 heteroatoms. The van der Waals surface area contributed by atoms with Gasteiger partial charge in [0.15, 0.2) is 0 Å². The first-order valence-corrected chi connectivity index (χ1v) is 7.07. The molecule has 1 saturated carbocycles. The normalized spacial score (nSPS) is 23.0. The van der Waals surface area contributed by atoms with Crippen LogP contribution in [0, 0.1) is 5.92 Å². The van der Waals surface area contributed by atoms with Crippen molar-refractivity contribution in [1.29, 1.82) is 0 Å². The Morgan fingerprint density at radius 2 is 2.32 bits per heavy atom. The summed E-state index contributed by atoms with van der Waals surface area (Å²) >= 11 is 6.07. The number of rotatable bonds is 4. The van der Waals surface area contributed by atoms with Crippen molar-refractivity contribution in [3.63, 3.8) is 0 Å². The molecule has 0 spiro atoms. The molecular weight excluding hydrogens is 266 g/mol. The quantitative estimate of drug-likeness (QED) is 0.888. The summed E-state index contributed by atoms with van der Waals surface area (Å²) in [5.41, 5.74) is 0.260. The third-order valence-corrected chi connectivity index (χ3v) is 3.97. The lowest BCUT2D eigenvalue weighted by molar-refractivity contribution is 0.138. The minimum Gasteiger partial charge on any atom is -0.393 e. The largest absolute Gasteiger partial charge is 0.393 e. The molecule has 2 atom stereocenters. The molecule has 1 aromatic rings. The second-order valence-electron chi connectivity index (χ2n) is 5.35. The lowest BCUT2D eigenvalue weighted by Gasteiger charge is -2.17. The van der Waals surface area contributed by atoms with Crippen LogP contribution in [0.25, 0.3) is 0 Å². The SMILES string of the molecule is CC(C)n1ncc(NCC2CCCC2O)c(Cl)c1=O. The van der Waals surface area contributed by atoms with Gasteiger partial charge in [-0.3, -0.25) is 4.79 Å².